The second-order valence-corrected chi connectivity index (χ2v) is 16.0. The van der Waals surface area contributed by atoms with E-state index in [2.05, 4.69) is 39.9 Å². The lowest BCUT2D eigenvalue weighted by molar-refractivity contribution is -0.182. The van der Waals surface area contributed by atoms with Crippen molar-refractivity contribution in [3.63, 3.8) is 0 Å². The van der Waals surface area contributed by atoms with Gasteiger partial charge in [-0.1, -0.05) is 54.0 Å². The zero-order valence-corrected chi connectivity index (χ0v) is 25.6. The summed E-state index contributed by atoms with van der Waals surface area (Å²) in [5, 5.41) is 12.2. The van der Waals surface area contributed by atoms with E-state index < -0.39 is 51.6 Å². The van der Waals surface area contributed by atoms with Crippen molar-refractivity contribution in [2.24, 2.45) is 50.2 Å². The zero-order valence-electron chi connectivity index (χ0n) is 25.6. The zero-order chi connectivity index (χ0) is 30.6. The quantitative estimate of drug-likeness (QED) is 0.267. The summed E-state index contributed by atoms with van der Waals surface area (Å²) in [5.41, 5.74) is -1.82. The Balaban J connectivity index is 1.62. The van der Waals surface area contributed by atoms with E-state index in [1.807, 2.05) is 13.8 Å². The summed E-state index contributed by atoms with van der Waals surface area (Å²) in [7, 11) is 0. The number of nitrogens with one attached hydrogen (secondary N) is 1. The third-order valence-electron chi connectivity index (χ3n) is 13.0. The van der Waals surface area contributed by atoms with Crippen LogP contribution >= 0.6 is 0 Å². The Hall–Kier alpha value is -2.12. The molecule has 4 fully saturated rings. The van der Waals surface area contributed by atoms with Crippen molar-refractivity contribution in [2.45, 2.75) is 106 Å². The number of alkyl halides is 3. The van der Waals surface area contributed by atoms with Gasteiger partial charge in [-0.3, -0.25) is 14.4 Å². The molecule has 5 nitrogen and oxygen atoms in total. The van der Waals surface area contributed by atoms with Gasteiger partial charge in [0.2, 0.25) is 5.91 Å². The third kappa shape index (κ3) is 4.11. The summed E-state index contributed by atoms with van der Waals surface area (Å²) in [4.78, 5) is 41.4. The molecule has 5 aliphatic carbocycles. The first-order valence-electron chi connectivity index (χ1n) is 15.2. The molecule has 1 unspecified atom stereocenters. The molecule has 0 aliphatic heterocycles. The number of aliphatic hydroxyl groups excluding tert-OH is 1. The molecule has 0 radical (unpaired) electrons. The van der Waals surface area contributed by atoms with Crippen LogP contribution in [0.2, 0.25) is 0 Å². The number of fused-ring (bicyclic) bond motifs is 7. The molecule has 7 atom stereocenters. The first-order valence-corrected chi connectivity index (χ1v) is 15.2. The molecule has 0 spiro atoms. The van der Waals surface area contributed by atoms with Crippen LogP contribution in [0.15, 0.2) is 23.5 Å². The molecule has 5 aliphatic rings. The number of hydrogen-bond acceptors (Lipinski definition) is 4. The van der Waals surface area contributed by atoms with Gasteiger partial charge >= 0.3 is 6.18 Å². The predicted octanol–water partition coefficient (Wildman–Crippen LogP) is 7.27. The van der Waals surface area contributed by atoms with Crippen LogP contribution in [0.1, 0.15) is 99.8 Å². The van der Waals surface area contributed by atoms with Crippen molar-refractivity contribution in [1.82, 2.24) is 5.32 Å². The monoisotopic (exact) mass is 577 g/mol. The Labute approximate surface area is 241 Å². The van der Waals surface area contributed by atoms with Crippen LogP contribution in [0.5, 0.6) is 0 Å². The first-order chi connectivity index (χ1) is 18.7. The normalized spacial score (nSPS) is 44.2. The lowest BCUT2D eigenvalue weighted by Crippen LogP contribution is -2.67. The molecule has 0 aromatic rings. The van der Waals surface area contributed by atoms with Crippen LogP contribution in [-0.2, 0) is 14.4 Å². The molecule has 4 saturated carbocycles. The van der Waals surface area contributed by atoms with Crippen LogP contribution in [-0.4, -0.2) is 35.3 Å². The van der Waals surface area contributed by atoms with Gasteiger partial charge in [0.1, 0.15) is 6.54 Å². The lowest BCUT2D eigenvalue weighted by atomic mass is 9.33. The Bertz CT molecular complexity index is 1250. The molecular weight excluding hydrogens is 531 g/mol. The number of amides is 1. The summed E-state index contributed by atoms with van der Waals surface area (Å²) in [6.07, 6.45) is 3.00. The lowest BCUT2D eigenvalue weighted by Gasteiger charge is -2.69. The van der Waals surface area contributed by atoms with Gasteiger partial charge in [-0.25, -0.2) is 0 Å². The van der Waals surface area contributed by atoms with E-state index in [4.69, 9.17) is 0 Å². The molecule has 8 heteroatoms. The van der Waals surface area contributed by atoms with Crippen LogP contribution in [0, 0.1) is 50.2 Å². The highest BCUT2D eigenvalue weighted by molar-refractivity contribution is 6.01. The maximum atomic E-state index is 14.5. The van der Waals surface area contributed by atoms with Crippen molar-refractivity contribution in [3.8, 4) is 0 Å². The highest BCUT2D eigenvalue weighted by Crippen LogP contribution is 2.75. The summed E-state index contributed by atoms with van der Waals surface area (Å²) < 4.78 is 39.4. The van der Waals surface area contributed by atoms with Crippen molar-refractivity contribution in [3.05, 3.63) is 23.5 Å². The fraction of sp³-hybridized carbons (Fsp3) is 0.788. The van der Waals surface area contributed by atoms with Gasteiger partial charge in [0.15, 0.2) is 11.6 Å². The molecule has 0 aromatic heterocycles. The number of hydrogen-bond donors (Lipinski definition) is 2. The summed E-state index contributed by atoms with van der Waals surface area (Å²) in [6, 6.07) is 0. The second-order valence-electron chi connectivity index (χ2n) is 16.0. The SMILES string of the molecule is CC1(C)CC[C@]2(C(=O)NCC(F)(F)F)CC[C@]3(C)[C@H](C(=O)C=C4[C@@]5(C)C/C(=C/O)C(=O)C(C)(C)C5CC[C@]43C)[C@@H]2C1. The number of halogens is 3. The molecule has 228 valence electrons. The summed E-state index contributed by atoms with van der Waals surface area (Å²) in [6.45, 7) is 13.3. The van der Waals surface area contributed by atoms with Gasteiger partial charge in [-0.15, -0.1) is 0 Å². The van der Waals surface area contributed by atoms with E-state index in [9.17, 15) is 32.7 Å². The van der Waals surface area contributed by atoms with E-state index in [0.717, 1.165) is 31.1 Å². The van der Waals surface area contributed by atoms with Gasteiger partial charge < -0.3 is 10.4 Å². The maximum absolute atomic E-state index is 14.5. The first kappa shape index (κ1) is 30.3. The van der Waals surface area contributed by atoms with E-state index in [1.54, 1.807) is 6.08 Å². The Morgan fingerprint density at radius 3 is 2.27 bits per heavy atom. The van der Waals surface area contributed by atoms with Crippen molar-refractivity contribution < 1.29 is 32.7 Å². The molecule has 2 N–H and O–H groups in total. The smallest absolute Gasteiger partial charge is 0.405 e. The third-order valence-corrected chi connectivity index (χ3v) is 13.0. The van der Waals surface area contributed by atoms with E-state index in [1.165, 1.54) is 0 Å². The molecule has 0 saturated heterocycles. The van der Waals surface area contributed by atoms with Gasteiger partial charge in [0.25, 0.3) is 0 Å². The summed E-state index contributed by atoms with van der Waals surface area (Å²) in [5.74, 6) is -1.49. The minimum Gasteiger partial charge on any atom is -0.515 e. The molecule has 41 heavy (non-hydrogen) atoms. The standard InChI is InChI=1S/C33H46F3NO4/c1-27(2)10-12-32(26(41)37-18-33(34,35)36)13-11-31(7)24(20(32)16-27)21(39)14-23-29(5)15-19(17-38)25(40)28(3,4)22(29)8-9-30(23,31)6/h14,17,20,22,24,38H,8-13,15-16,18H2,1-7H3,(H,37,41)/b19-17-/t20-,22?,24-,29-,30+,31+,32-/m0/s1. The fourth-order valence-corrected chi connectivity index (χ4v) is 10.7. The van der Waals surface area contributed by atoms with Gasteiger partial charge in [0, 0.05) is 16.9 Å². The Kier molecular flexibility index (Phi) is 6.62. The number of rotatable bonds is 2. The van der Waals surface area contributed by atoms with E-state index in [0.29, 0.717) is 37.7 Å². The van der Waals surface area contributed by atoms with Crippen LogP contribution in [0.4, 0.5) is 13.2 Å². The van der Waals surface area contributed by atoms with Gasteiger partial charge in [-0.05, 0) is 90.9 Å². The van der Waals surface area contributed by atoms with Gasteiger partial charge in [-0.2, -0.15) is 13.2 Å². The molecule has 0 bridgehead atoms. The number of carbonyl (C=O) groups is 3. The number of ketones is 2. The number of carbonyl (C=O) groups excluding carboxylic acids is 3. The van der Waals surface area contributed by atoms with E-state index in [-0.39, 0.29) is 28.8 Å². The molecular formula is C33H46F3NO4. The topological polar surface area (TPSA) is 83.5 Å². The van der Waals surface area contributed by atoms with Crippen molar-refractivity contribution in [2.75, 3.05) is 6.54 Å². The average molecular weight is 578 g/mol. The molecule has 0 aromatic carbocycles. The van der Waals surface area contributed by atoms with E-state index >= 15 is 0 Å². The molecule has 0 heterocycles. The highest BCUT2D eigenvalue weighted by atomic mass is 19.4. The summed E-state index contributed by atoms with van der Waals surface area (Å²) >= 11 is 0. The molecule has 5 rings (SSSR count). The minimum absolute atomic E-state index is 0.00270. The number of Topliss-reactive ketones (excluding diaryl/α,β-unsaturated/α-hetero) is 1. The van der Waals surface area contributed by atoms with Crippen LogP contribution < -0.4 is 5.32 Å². The van der Waals surface area contributed by atoms with Crippen molar-refractivity contribution in [1.29, 1.82) is 0 Å². The molecule has 1 amide bonds. The average Bonchev–Trinajstić information content (AvgIpc) is 2.85. The number of aliphatic hydroxyl groups is 1. The Morgan fingerprint density at radius 1 is 1.02 bits per heavy atom. The van der Waals surface area contributed by atoms with Crippen LogP contribution in [0.25, 0.3) is 0 Å². The second kappa shape index (κ2) is 8.95. The van der Waals surface area contributed by atoms with Crippen molar-refractivity contribution >= 4 is 17.5 Å². The van der Waals surface area contributed by atoms with Gasteiger partial charge in [0.05, 0.1) is 11.7 Å². The number of allylic oxidation sites excluding steroid dienone is 3. The highest BCUT2D eigenvalue weighted by Gasteiger charge is 2.71. The maximum Gasteiger partial charge on any atom is 0.405 e. The Morgan fingerprint density at radius 2 is 1.66 bits per heavy atom. The fourth-order valence-electron chi connectivity index (χ4n) is 10.7. The minimum atomic E-state index is -4.50. The predicted molar refractivity (Wildman–Crippen MR) is 150 cm³/mol. The largest absolute Gasteiger partial charge is 0.515 e. The van der Waals surface area contributed by atoms with Crippen LogP contribution in [0.3, 0.4) is 0 Å².